The van der Waals surface area contributed by atoms with E-state index in [1.54, 1.807) is 26.1 Å². The second-order valence-corrected chi connectivity index (χ2v) is 7.75. The summed E-state index contributed by atoms with van der Waals surface area (Å²) < 4.78 is 10.7. The van der Waals surface area contributed by atoms with Gasteiger partial charge in [-0.05, 0) is 30.2 Å². The Hall–Kier alpha value is -3.55. The first-order valence-electron chi connectivity index (χ1n) is 9.66. The van der Waals surface area contributed by atoms with Crippen molar-refractivity contribution in [3.8, 4) is 11.5 Å². The molecule has 0 radical (unpaired) electrons. The molecule has 1 atom stereocenters. The zero-order chi connectivity index (χ0) is 21.3. The van der Waals surface area contributed by atoms with Gasteiger partial charge in [0.05, 0.1) is 0 Å². The molecule has 4 amide bonds. The molecule has 1 fully saturated rings. The van der Waals surface area contributed by atoms with Crippen LogP contribution in [0.2, 0.25) is 0 Å². The number of ether oxygens (including phenoxy) is 2. The van der Waals surface area contributed by atoms with Gasteiger partial charge in [-0.1, -0.05) is 36.4 Å². The second kappa shape index (κ2) is 7.70. The maximum atomic E-state index is 13.0. The number of urea groups is 1. The van der Waals surface area contributed by atoms with Crippen LogP contribution in [0, 0.1) is 0 Å². The topological polar surface area (TPSA) is 88.2 Å². The van der Waals surface area contributed by atoms with E-state index in [0.717, 1.165) is 16.0 Å². The molecule has 1 saturated heterocycles. The summed E-state index contributed by atoms with van der Waals surface area (Å²) in [5.41, 5.74) is 0.659. The lowest BCUT2D eigenvalue weighted by Crippen LogP contribution is -2.47. The number of fused-ring (bicyclic) bond motifs is 1. The van der Waals surface area contributed by atoms with Crippen LogP contribution in [0.5, 0.6) is 11.5 Å². The van der Waals surface area contributed by atoms with E-state index in [4.69, 9.17) is 9.47 Å². The number of imide groups is 1. The van der Waals surface area contributed by atoms with Gasteiger partial charge in [-0.25, -0.2) is 4.79 Å². The maximum absolute atomic E-state index is 13.0. The number of likely N-dealkylation sites (N-methyl/N-ethyl adjacent to an activating group) is 1. The van der Waals surface area contributed by atoms with Crippen LogP contribution in [-0.2, 0) is 22.6 Å². The van der Waals surface area contributed by atoms with Gasteiger partial charge in [0.1, 0.15) is 12.1 Å². The molecule has 2 heterocycles. The molecule has 0 bridgehead atoms. The van der Waals surface area contributed by atoms with Gasteiger partial charge in [0.25, 0.3) is 5.91 Å². The molecule has 2 aliphatic rings. The number of hydrogen-bond acceptors (Lipinski definition) is 5. The van der Waals surface area contributed by atoms with Crippen molar-refractivity contribution in [1.29, 1.82) is 0 Å². The van der Waals surface area contributed by atoms with Gasteiger partial charge < -0.3 is 19.7 Å². The average Bonchev–Trinajstić information content (AvgIpc) is 3.26. The summed E-state index contributed by atoms with van der Waals surface area (Å²) in [5.74, 6) is 0.531. The molecule has 0 aromatic heterocycles. The number of nitrogens with zero attached hydrogens (tertiary/aromatic N) is 2. The Kier molecular flexibility index (Phi) is 5.07. The Morgan fingerprint density at radius 3 is 2.60 bits per heavy atom. The lowest BCUT2D eigenvalue weighted by molar-refractivity contribution is -0.138. The lowest BCUT2D eigenvalue weighted by Gasteiger charge is -2.23. The van der Waals surface area contributed by atoms with E-state index in [-0.39, 0.29) is 25.7 Å². The van der Waals surface area contributed by atoms with Crippen molar-refractivity contribution in [2.75, 3.05) is 20.4 Å². The molecule has 156 valence electrons. The summed E-state index contributed by atoms with van der Waals surface area (Å²) in [5, 5.41) is 2.73. The van der Waals surface area contributed by atoms with Gasteiger partial charge in [-0.3, -0.25) is 14.5 Å². The fraction of sp³-hybridized carbons (Fsp3) is 0.318. The number of carbonyl (C=O) groups is 3. The summed E-state index contributed by atoms with van der Waals surface area (Å²) in [6.07, 6.45) is 0.277. The monoisotopic (exact) mass is 409 g/mol. The molecular weight excluding hydrogens is 386 g/mol. The summed E-state index contributed by atoms with van der Waals surface area (Å²) in [4.78, 5) is 40.6. The van der Waals surface area contributed by atoms with E-state index >= 15 is 0 Å². The van der Waals surface area contributed by atoms with Crippen LogP contribution in [0.3, 0.4) is 0 Å². The normalized spacial score (nSPS) is 19.7. The van der Waals surface area contributed by atoms with Crippen LogP contribution in [-0.4, -0.2) is 53.6 Å². The molecule has 2 aliphatic heterocycles. The van der Waals surface area contributed by atoms with Crippen LogP contribution in [0.15, 0.2) is 48.5 Å². The van der Waals surface area contributed by atoms with E-state index in [1.807, 2.05) is 36.4 Å². The van der Waals surface area contributed by atoms with E-state index < -0.39 is 17.5 Å². The Balaban J connectivity index is 1.42. The fourth-order valence-electron chi connectivity index (χ4n) is 3.67. The maximum Gasteiger partial charge on any atom is 0.325 e. The largest absolute Gasteiger partial charge is 0.454 e. The second-order valence-electron chi connectivity index (χ2n) is 7.75. The summed E-state index contributed by atoms with van der Waals surface area (Å²) in [6.45, 7) is 1.93. The van der Waals surface area contributed by atoms with Crippen LogP contribution < -0.4 is 14.8 Å². The third kappa shape index (κ3) is 3.80. The molecular formula is C22H23N3O5. The molecule has 1 unspecified atom stereocenters. The van der Waals surface area contributed by atoms with Gasteiger partial charge >= 0.3 is 6.03 Å². The van der Waals surface area contributed by atoms with Crippen LogP contribution in [0.1, 0.15) is 18.1 Å². The first kappa shape index (κ1) is 19.8. The zero-order valence-electron chi connectivity index (χ0n) is 16.9. The number of nitrogens with one attached hydrogen (secondary N) is 1. The minimum Gasteiger partial charge on any atom is -0.454 e. The van der Waals surface area contributed by atoms with E-state index in [9.17, 15) is 14.4 Å². The standard InChI is InChI=1S/C22H23N3O5/c1-22(11-16-8-9-17-18(10-16)30-14-29-17)20(27)25(21(28)23-22)13-19(26)24(2)12-15-6-4-3-5-7-15/h3-10H,11-14H2,1-2H3,(H,23,28). The van der Waals surface area contributed by atoms with Crippen molar-refractivity contribution >= 4 is 17.8 Å². The summed E-state index contributed by atoms with van der Waals surface area (Å²) in [6, 6.07) is 14.4. The first-order valence-corrected chi connectivity index (χ1v) is 9.66. The number of benzene rings is 2. The Bertz CT molecular complexity index is 994. The third-order valence-corrected chi connectivity index (χ3v) is 5.32. The van der Waals surface area contributed by atoms with E-state index in [2.05, 4.69) is 5.32 Å². The number of carbonyl (C=O) groups excluding carboxylic acids is 3. The van der Waals surface area contributed by atoms with Crippen LogP contribution in [0.4, 0.5) is 4.79 Å². The third-order valence-electron chi connectivity index (χ3n) is 5.32. The van der Waals surface area contributed by atoms with Gasteiger partial charge in [-0.2, -0.15) is 0 Å². The molecule has 2 aromatic carbocycles. The van der Waals surface area contributed by atoms with Gasteiger partial charge in [0, 0.05) is 20.0 Å². The van der Waals surface area contributed by atoms with E-state index in [1.165, 1.54) is 4.90 Å². The Morgan fingerprint density at radius 2 is 1.83 bits per heavy atom. The lowest BCUT2D eigenvalue weighted by atomic mass is 9.92. The smallest absolute Gasteiger partial charge is 0.325 e. The highest BCUT2D eigenvalue weighted by Crippen LogP contribution is 2.34. The molecule has 0 saturated carbocycles. The highest BCUT2D eigenvalue weighted by atomic mass is 16.7. The molecule has 0 aliphatic carbocycles. The first-order chi connectivity index (χ1) is 14.4. The molecule has 0 spiro atoms. The van der Waals surface area contributed by atoms with E-state index in [0.29, 0.717) is 18.0 Å². The van der Waals surface area contributed by atoms with Gasteiger partial charge in [-0.15, -0.1) is 0 Å². The minimum atomic E-state index is -1.14. The predicted molar refractivity (Wildman–Crippen MR) is 108 cm³/mol. The highest BCUT2D eigenvalue weighted by molar-refractivity contribution is 6.08. The van der Waals surface area contributed by atoms with Crippen LogP contribution >= 0.6 is 0 Å². The molecule has 1 N–H and O–H groups in total. The number of hydrogen-bond donors (Lipinski definition) is 1. The van der Waals surface area contributed by atoms with Crippen molar-refractivity contribution in [1.82, 2.24) is 15.1 Å². The minimum absolute atomic E-state index is 0.165. The number of rotatable bonds is 6. The SMILES string of the molecule is CN(Cc1ccccc1)C(=O)CN1C(=O)NC(C)(Cc2ccc3c(c2)OCO3)C1=O. The van der Waals surface area contributed by atoms with Crippen LogP contribution in [0.25, 0.3) is 0 Å². The van der Waals surface area contributed by atoms with Crippen molar-refractivity contribution in [2.45, 2.75) is 25.4 Å². The van der Waals surface area contributed by atoms with Gasteiger partial charge in [0.2, 0.25) is 12.7 Å². The van der Waals surface area contributed by atoms with Crippen molar-refractivity contribution in [2.24, 2.45) is 0 Å². The zero-order valence-corrected chi connectivity index (χ0v) is 16.9. The summed E-state index contributed by atoms with van der Waals surface area (Å²) in [7, 11) is 1.65. The summed E-state index contributed by atoms with van der Waals surface area (Å²) >= 11 is 0. The molecule has 8 heteroatoms. The number of amides is 4. The Morgan fingerprint density at radius 1 is 1.10 bits per heavy atom. The van der Waals surface area contributed by atoms with Crippen molar-refractivity contribution in [3.63, 3.8) is 0 Å². The quantitative estimate of drug-likeness (QED) is 0.737. The average molecular weight is 409 g/mol. The molecule has 8 nitrogen and oxygen atoms in total. The highest BCUT2D eigenvalue weighted by Gasteiger charge is 2.48. The molecule has 2 aromatic rings. The predicted octanol–water partition coefficient (Wildman–Crippen LogP) is 1.93. The molecule has 4 rings (SSSR count). The van der Waals surface area contributed by atoms with Crippen molar-refractivity contribution < 1.29 is 23.9 Å². The fourth-order valence-corrected chi connectivity index (χ4v) is 3.67. The van der Waals surface area contributed by atoms with Crippen molar-refractivity contribution in [3.05, 3.63) is 59.7 Å². The van der Waals surface area contributed by atoms with Gasteiger partial charge in [0.15, 0.2) is 11.5 Å². The molecule has 30 heavy (non-hydrogen) atoms. The Labute approximate surface area is 174 Å².